The summed E-state index contributed by atoms with van der Waals surface area (Å²) < 4.78 is 12.1. The van der Waals surface area contributed by atoms with Crippen molar-refractivity contribution in [3.05, 3.63) is 69.7 Å². The van der Waals surface area contributed by atoms with Crippen LogP contribution >= 0.6 is 11.6 Å². The summed E-state index contributed by atoms with van der Waals surface area (Å²) >= 11 is 6.29. The highest BCUT2D eigenvalue weighted by Gasteiger charge is 2.14. The summed E-state index contributed by atoms with van der Waals surface area (Å²) in [4.78, 5) is 17.6. The van der Waals surface area contributed by atoms with Crippen molar-refractivity contribution in [2.24, 2.45) is 0 Å². The Kier molecular flexibility index (Phi) is 5.25. The number of fused-ring (bicyclic) bond motifs is 1. The van der Waals surface area contributed by atoms with E-state index in [1.165, 1.54) is 4.57 Å². The van der Waals surface area contributed by atoms with Crippen molar-refractivity contribution >= 4 is 22.5 Å². The molecule has 0 spiro atoms. The molecule has 3 rings (SSSR count). The molecule has 0 bridgehead atoms. The minimum absolute atomic E-state index is 0.168. The molecule has 6 heteroatoms. The number of benzene rings is 2. The molecule has 0 fully saturated rings. The van der Waals surface area contributed by atoms with Gasteiger partial charge in [-0.2, -0.15) is 0 Å². The minimum atomic E-state index is -0.168. The van der Waals surface area contributed by atoms with Crippen LogP contribution in [0.1, 0.15) is 5.82 Å². The van der Waals surface area contributed by atoms with Crippen molar-refractivity contribution in [3.63, 3.8) is 0 Å². The number of aromatic nitrogens is 2. The van der Waals surface area contributed by atoms with Crippen molar-refractivity contribution in [1.82, 2.24) is 9.55 Å². The Bertz CT molecular complexity index is 908. The maximum absolute atomic E-state index is 13.0. The highest BCUT2D eigenvalue weighted by molar-refractivity contribution is 6.32. The monoisotopic (exact) mass is 344 g/mol. The highest BCUT2D eigenvalue weighted by Crippen LogP contribution is 2.21. The zero-order valence-electron chi connectivity index (χ0n) is 13.2. The molecule has 1 heterocycles. The molecule has 24 heavy (non-hydrogen) atoms. The number of halogens is 1. The molecule has 0 N–H and O–H groups in total. The zero-order chi connectivity index (χ0) is 16.9. The number of hydrogen-bond donors (Lipinski definition) is 0. The third-order valence-electron chi connectivity index (χ3n) is 3.60. The number of nitrogens with zero attached hydrogens (tertiary/aromatic N) is 2. The molecule has 0 saturated heterocycles. The van der Waals surface area contributed by atoms with Gasteiger partial charge in [0.1, 0.15) is 12.4 Å². The second-order valence-electron chi connectivity index (χ2n) is 5.18. The number of methoxy groups -OCH3 is 1. The lowest BCUT2D eigenvalue weighted by atomic mass is 10.2. The minimum Gasteiger partial charge on any atom is -0.382 e. The second-order valence-corrected chi connectivity index (χ2v) is 5.59. The SMILES string of the molecule is COCCOCc1nc2ccccc2c(=O)n1-c1ccccc1Cl. The number of para-hydroxylation sites is 2. The van der Waals surface area contributed by atoms with Crippen molar-refractivity contribution in [1.29, 1.82) is 0 Å². The van der Waals surface area contributed by atoms with Gasteiger partial charge in [-0.15, -0.1) is 0 Å². The Labute approximate surface area is 144 Å². The number of hydrogen-bond acceptors (Lipinski definition) is 4. The van der Waals surface area contributed by atoms with Crippen molar-refractivity contribution in [2.45, 2.75) is 6.61 Å². The van der Waals surface area contributed by atoms with Gasteiger partial charge in [0.2, 0.25) is 0 Å². The summed E-state index contributed by atoms with van der Waals surface area (Å²) in [7, 11) is 1.61. The zero-order valence-corrected chi connectivity index (χ0v) is 14.0. The highest BCUT2D eigenvalue weighted by atomic mass is 35.5. The van der Waals surface area contributed by atoms with Gasteiger partial charge in [0.05, 0.1) is 34.8 Å². The van der Waals surface area contributed by atoms with Crippen molar-refractivity contribution in [2.75, 3.05) is 20.3 Å². The Morgan fingerprint density at radius 3 is 2.62 bits per heavy atom. The summed E-state index contributed by atoms with van der Waals surface area (Å²) in [5.41, 5.74) is 1.06. The maximum atomic E-state index is 13.0. The third kappa shape index (κ3) is 3.33. The predicted octanol–water partition coefficient (Wildman–Crippen LogP) is 3.20. The van der Waals surface area contributed by atoms with E-state index in [0.717, 1.165) is 0 Å². The fraction of sp³-hybridized carbons (Fsp3) is 0.222. The fourth-order valence-electron chi connectivity index (χ4n) is 2.46. The van der Waals surface area contributed by atoms with Crippen LogP contribution in [0, 0.1) is 0 Å². The smallest absolute Gasteiger partial charge is 0.266 e. The van der Waals surface area contributed by atoms with Crippen LogP contribution in [-0.4, -0.2) is 29.9 Å². The molecule has 0 aliphatic heterocycles. The third-order valence-corrected chi connectivity index (χ3v) is 3.92. The first-order chi connectivity index (χ1) is 11.7. The largest absolute Gasteiger partial charge is 0.382 e. The molecule has 124 valence electrons. The Morgan fingerprint density at radius 2 is 1.83 bits per heavy atom. The summed E-state index contributed by atoms with van der Waals surface area (Å²) in [6, 6.07) is 14.4. The van der Waals surface area contributed by atoms with Gasteiger partial charge >= 0.3 is 0 Å². The average Bonchev–Trinajstić information content (AvgIpc) is 2.60. The lowest BCUT2D eigenvalue weighted by molar-refractivity contribution is 0.0578. The molecule has 1 aromatic heterocycles. The van der Waals surface area contributed by atoms with Gasteiger partial charge in [-0.3, -0.25) is 9.36 Å². The summed E-state index contributed by atoms with van der Waals surface area (Å²) in [6.45, 7) is 1.08. The predicted molar refractivity (Wildman–Crippen MR) is 93.9 cm³/mol. The van der Waals surface area contributed by atoms with E-state index >= 15 is 0 Å². The van der Waals surface area contributed by atoms with Crippen molar-refractivity contribution in [3.8, 4) is 5.69 Å². The van der Waals surface area contributed by atoms with E-state index in [0.29, 0.717) is 40.7 Å². The molecule has 3 aromatic rings. The van der Waals surface area contributed by atoms with E-state index in [9.17, 15) is 4.79 Å². The average molecular weight is 345 g/mol. The van der Waals surface area contributed by atoms with Gasteiger partial charge in [-0.05, 0) is 24.3 Å². The molecule has 2 aromatic carbocycles. The summed E-state index contributed by atoms with van der Waals surface area (Å²) in [5.74, 6) is 0.503. The standard InChI is InChI=1S/C18H17ClN2O3/c1-23-10-11-24-12-17-20-15-8-4-2-6-13(15)18(22)21(17)16-9-5-3-7-14(16)19/h2-9H,10-12H2,1H3. The summed E-state index contributed by atoms with van der Waals surface area (Å²) in [5, 5.41) is 1.02. The molecule has 0 aliphatic rings. The van der Waals surface area contributed by atoms with E-state index < -0.39 is 0 Å². The first-order valence-corrected chi connectivity index (χ1v) is 7.92. The Hall–Kier alpha value is -2.21. The van der Waals surface area contributed by atoms with Gasteiger partial charge < -0.3 is 9.47 Å². The van der Waals surface area contributed by atoms with Crippen LogP contribution in [0.15, 0.2) is 53.3 Å². The van der Waals surface area contributed by atoms with Crippen LogP contribution in [0.25, 0.3) is 16.6 Å². The molecule has 0 atom stereocenters. The molecular formula is C18H17ClN2O3. The van der Waals surface area contributed by atoms with E-state index in [1.807, 2.05) is 30.3 Å². The first kappa shape index (κ1) is 16.6. The Morgan fingerprint density at radius 1 is 1.08 bits per heavy atom. The van der Waals surface area contributed by atoms with E-state index in [-0.39, 0.29) is 12.2 Å². The molecule has 0 amide bonds. The topological polar surface area (TPSA) is 53.4 Å². The molecule has 5 nitrogen and oxygen atoms in total. The van der Waals surface area contributed by atoms with Crippen LogP contribution < -0.4 is 5.56 Å². The van der Waals surface area contributed by atoms with Crippen LogP contribution in [0.5, 0.6) is 0 Å². The van der Waals surface area contributed by atoms with Gasteiger partial charge in [-0.25, -0.2) is 4.98 Å². The van der Waals surface area contributed by atoms with E-state index in [2.05, 4.69) is 4.98 Å². The van der Waals surface area contributed by atoms with E-state index in [1.54, 1.807) is 25.3 Å². The van der Waals surface area contributed by atoms with Gasteiger partial charge in [0.15, 0.2) is 0 Å². The second kappa shape index (κ2) is 7.57. The normalized spacial score (nSPS) is 11.1. The fourth-order valence-corrected chi connectivity index (χ4v) is 2.68. The van der Waals surface area contributed by atoms with Crippen LogP contribution in [0.4, 0.5) is 0 Å². The van der Waals surface area contributed by atoms with E-state index in [4.69, 9.17) is 21.1 Å². The summed E-state index contributed by atoms with van der Waals surface area (Å²) in [6.07, 6.45) is 0. The van der Waals surface area contributed by atoms with Crippen LogP contribution in [0.2, 0.25) is 5.02 Å². The number of rotatable bonds is 6. The molecular weight excluding hydrogens is 328 g/mol. The Balaban J connectivity index is 2.15. The lowest BCUT2D eigenvalue weighted by Gasteiger charge is -2.15. The molecule has 0 radical (unpaired) electrons. The number of ether oxygens (including phenoxy) is 2. The quantitative estimate of drug-likeness (QED) is 0.644. The molecule has 0 aliphatic carbocycles. The van der Waals surface area contributed by atoms with Crippen molar-refractivity contribution < 1.29 is 9.47 Å². The van der Waals surface area contributed by atoms with Crippen LogP contribution in [0.3, 0.4) is 0 Å². The van der Waals surface area contributed by atoms with Gasteiger partial charge in [-0.1, -0.05) is 35.9 Å². The molecule has 0 saturated carbocycles. The van der Waals surface area contributed by atoms with Gasteiger partial charge in [0.25, 0.3) is 5.56 Å². The first-order valence-electron chi connectivity index (χ1n) is 7.54. The lowest BCUT2D eigenvalue weighted by Crippen LogP contribution is -2.25. The van der Waals surface area contributed by atoms with Crippen LogP contribution in [-0.2, 0) is 16.1 Å². The molecule has 0 unspecified atom stereocenters. The van der Waals surface area contributed by atoms with Gasteiger partial charge in [0, 0.05) is 7.11 Å². The maximum Gasteiger partial charge on any atom is 0.266 e.